The zero-order valence-corrected chi connectivity index (χ0v) is 12.9. The summed E-state index contributed by atoms with van der Waals surface area (Å²) in [5.41, 5.74) is 0.543. The molecular formula is C15H13FN2O4S. The van der Waals surface area contributed by atoms with Gasteiger partial charge in [0.05, 0.1) is 10.5 Å². The van der Waals surface area contributed by atoms with Crippen molar-refractivity contribution in [2.45, 2.75) is 19.4 Å². The average molecular weight is 336 g/mol. The molecule has 0 bridgehead atoms. The second-order valence-corrected chi connectivity index (χ2v) is 5.83. The molecule has 0 aliphatic carbocycles. The molecular weight excluding hydrogens is 323 g/mol. The average Bonchev–Trinajstić information content (AvgIpc) is 2.97. The van der Waals surface area contributed by atoms with E-state index >= 15 is 0 Å². The highest BCUT2D eigenvalue weighted by Crippen LogP contribution is 2.22. The van der Waals surface area contributed by atoms with Gasteiger partial charge in [-0.1, -0.05) is 11.3 Å². The number of nitrogens with one attached hydrogen (secondary N) is 1. The topological polar surface area (TPSA) is 89.3 Å². The minimum atomic E-state index is -0.567. The Hall–Kier alpha value is -2.61. The van der Waals surface area contributed by atoms with Gasteiger partial charge in [-0.3, -0.25) is 19.7 Å². The molecule has 8 heteroatoms. The minimum absolute atomic E-state index is 0.0452. The van der Waals surface area contributed by atoms with E-state index < -0.39 is 22.7 Å². The third-order valence-electron chi connectivity index (χ3n) is 3.06. The van der Waals surface area contributed by atoms with E-state index in [0.29, 0.717) is 5.56 Å². The van der Waals surface area contributed by atoms with Crippen molar-refractivity contribution in [2.75, 3.05) is 0 Å². The number of rotatable bonds is 6. The van der Waals surface area contributed by atoms with E-state index in [2.05, 4.69) is 5.32 Å². The molecule has 6 nitrogen and oxygen atoms in total. The number of carbonyl (C=O) groups excluding carboxylic acids is 2. The summed E-state index contributed by atoms with van der Waals surface area (Å²) in [5.74, 6) is -1.13. The molecule has 0 aliphatic rings. The van der Waals surface area contributed by atoms with Gasteiger partial charge in [-0.2, -0.15) is 0 Å². The molecule has 0 radical (unpaired) electrons. The molecule has 1 aromatic carbocycles. The van der Waals surface area contributed by atoms with E-state index in [0.717, 1.165) is 11.3 Å². The number of hydrogen-bond donors (Lipinski definition) is 1. The molecule has 1 atom stereocenters. The lowest BCUT2D eigenvalue weighted by Gasteiger charge is -2.12. The van der Waals surface area contributed by atoms with Gasteiger partial charge in [-0.05, 0) is 31.2 Å². The van der Waals surface area contributed by atoms with Crippen molar-refractivity contribution >= 4 is 28.0 Å². The quantitative estimate of drug-likeness (QED) is 0.498. The van der Waals surface area contributed by atoms with Gasteiger partial charge in [-0.15, -0.1) is 0 Å². The summed E-state index contributed by atoms with van der Waals surface area (Å²) in [7, 11) is 0. The summed E-state index contributed by atoms with van der Waals surface area (Å²) < 4.78 is 12.8. The number of nitrogens with zero attached hydrogens (tertiary/aromatic N) is 1. The number of ketones is 1. The number of nitro groups is 1. The van der Waals surface area contributed by atoms with E-state index in [1.54, 1.807) is 6.92 Å². The van der Waals surface area contributed by atoms with Crippen molar-refractivity contribution in [3.8, 4) is 0 Å². The van der Waals surface area contributed by atoms with Crippen LogP contribution in [0.5, 0.6) is 0 Å². The van der Waals surface area contributed by atoms with Gasteiger partial charge in [0.15, 0.2) is 5.78 Å². The summed E-state index contributed by atoms with van der Waals surface area (Å²) in [6, 6.07) is 5.89. The molecule has 0 saturated carbocycles. The number of Topliss-reactive ketones (excluding diaryl/α,β-unsaturated/α-hetero) is 1. The van der Waals surface area contributed by atoms with Crippen LogP contribution in [0.25, 0.3) is 0 Å². The summed E-state index contributed by atoms with van der Waals surface area (Å²) in [5, 5.41) is 14.5. The first kappa shape index (κ1) is 16.8. The van der Waals surface area contributed by atoms with Gasteiger partial charge >= 0.3 is 5.00 Å². The Morgan fingerprint density at radius 2 is 1.96 bits per heavy atom. The summed E-state index contributed by atoms with van der Waals surface area (Å²) in [4.78, 5) is 34.0. The Labute approximate surface area is 135 Å². The maximum Gasteiger partial charge on any atom is 0.324 e. The maximum atomic E-state index is 12.8. The molecule has 1 aromatic heterocycles. The molecule has 0 unspecified atom stereocenters. The lowest BCUT2D eigenvalue weighted by atomic mass is 10.0. The third-order valence-corrected chi connectivity index (χ3v) is 3.94. The van der Waals surface area contributed by atoms with Crippen LogP contribution < -0.4 is 5.32 Å². The molecule has 0 aliphatic heterocycles. The normalized spacial score (nSPS) is 11.7. The monoisotopic (exact) mass is 336 g/mol. The van der Waals surface area contributed by atoms with Crippen LogP contribution in [0.4, 0.5) is 9.39 Å². The molecule has 0 fully saturated rings. The van der Waals surface area contributed by atoms with Crippen LogP contribution in [0.15, 0.2) is 35.7 Å². The zero-order valence-electron chi connectivity index (χ0n) is 12.1. The fraction of sp³-hybridized carbons (Fsp3) is 0.200. The second kappa shape index (κ2) is 7.10. The number of halogens is 1. The Bertz CT molecular complexity index is 742. The van der Waals surface area contributed by atoms with Crippen LogP contribution in [0.1, 0.15) is 34.1 Å². The first-order valence-corrected chi connectivity index (χ1v) is 7.57. The molecule has 0 saturated heterocycles. The number of thiophene rings is 1. The predicted molar refractivity (Wildman–Crippen MR) is 83.2 cm³/mol. The number of amides is 1. The molecule has 2 aromatic rings. The largest absolute Gasteiger partial charge is 0.349 e. The van der Waals surface area contributed by atoms with Gasteiger partial charge in [0, 0.05) is 29.5 Å². The Morgan fingerprint density at radius 3 is 2.52 bits per heavy atom. The highest BCUT2D eigenvalue weighted by Gasteiger charge is 2.18. The Kier molecular flexibility index (Phi) is 5.17. The van der Waals surface area contributed by atoms with Crippen molar-refractivity contribution < 1.29 is 18.9 Å². The van der Waals surface area contributed by atoms with Crippen LogP contribution in [-0.2, 0) is 0 Å². The summed E-state index contributed by atoms with van der Waals surface area (Å²) in [6.07, 6.45) is 0.0452. The second-order valence-electron chi connectivity index (χ2n) is 4.94. The summed E-state index contributed by atoms with van der Waals surface area (Å²) in [6.45, 7) is 1.65. The van der Waals surface area contributed by atoms with E-state index in [-0.39, 0.29) is 22.8 Å². The minimum Gasteiger partial charge on any atom is -0.349 e. The van der Waals surface area contributed by atoms with Crippen molar-refractivity contribution in [2.24, 2.45) is 0 Å². The van der Waals surface area contributed by atoms with Crippen molar-refractivity contribution in [1.29, 1.82) is 0 Å². The molecule has 0 spiro atoms. The molecule has 1 amide bonds. The van der Waals surface area contributed by atoms with E-state index in [1.807, 2.05) is 0 Å². The maximum absolute atomic E-state index is 12.8. The SMILES string of the molecule is C[C@H](CC(=O)c1ccc(F)cc1)NC(=O)c1csc([N+](=O)[O-])c1. The predicted octanol–water partition coefficient (Wildman–Crippen LogP) is 3.19. The van der Waals surface area contributed by atoms with Crippen LogP contribution >= 0.6 is 11.3 Å². The lowest BCUT2D eigenvalue weighted by Crippen LogP contribution is -2.34. The van der Waals surface area contributed by atoms with E-state index in [9.17, 15) is 24.1 Å². The first-order chi connectivity index (χ1) is 10.9. The van der Waals surface area contributed by atoms with E-state index in [1.165, 1.54) is 35.7 Å². The highest BCUT2D eigenvalue weighted by atomic mass is 32.1. The third kappa shape index (κ3) is 4.43. The smallest absolute Gasteiger partial charge is 0.324 e. The van der Waals surface area contributed by atoms with Crippen LogP contribution in [0.3, 0.4) is 0 Å². The van der Waals surface area contributed by atoms with Crippen molar-refractivity contribution in [3.63, 3.8) is 0 Å². The van der Waals surface area contributed by atoms with Gasteiger partial charge in [-0.25, -0.2) is 4.39 Å². The lowest BCUT2D eigenvalue weighted by molar-refractivity contribution is -0.380. The molecule has 1 N–H and O–H groups in total. The fourth-order valence-corrected chi connectivity index (χ4v) is 2.63. The van der Waals surface area contributed by atoms with Gasteiger partial charge in [0.25, 0.3) is 5.91 Å². The fourth-order valence-electron chi connectivity index (χ4n) is 1.93. The number of carbonyl (C=O) groups is 2. The molecule has 2 rings (SSSR count). The Balaban J connectivity index is 1.94. The van der Waals surface area contributed by atoms with Crippen molar-refractivity contribution in [1.82, 2.24) is 5.32 Å². The number of hydrogen-bond acceptors (Lipinski definition) is 5. The van der Waals surface area contributed by atoms with Gasteiger partial charge < -0.3 is 5.32 Å². The van der Waals surface area contributed by atoms with Crippen LogP contribution in [0.2, 0.25) is 0 Å². The molecule has 120 valence electrons. The standard InChI is InChI=1S/C15H13FN2O4S/c1-9(6-13(19)10-2-4-12(16)5-3-10)17-15(20)11-7-14(18(21)22)23-8-11/h2-5,7-9H,6H2,1H3,(H,17,20)/t9-/m1/s1. The molecule has 1 heterocycles. The first-order valence-electron chi connectivity index (χ1n) is 6.69. The van der Waals surface area contributed by atoms with Gasteiger partial charge in [0.2, 0.25) is 0 Å². The summed E-state index contributed by atoms with van der Waals surface area (Å²) >= 11 is 0.863. The zero-order chi connectivity index (χ0) is 17.0. The highest BCUT2D eigenvalue weighted by molar-refractivity contribution is 7.13. The van der Waals surface area contributed by atoms with E-state index in [4.69, 9.17) is 0 Å². The number of benzene rings is 1. The van der Waals surface area contributed by atoms with Crippen LogP contribution in [0, 0.1) is 15.9 Å². The van der Waals surface area contributed by atoms with Crippen LogP contribution in [-0.4, -0.2) is 22.7 Å². The Morgan fingerprint density at radius 1 is 1.30 bits per heavy atom. The molecule has 23 heavy (non-hydrogen) atoms. The van der Waals surface area contributed by atoms with Gasteiger partial charge in [0.1, 0.15) is 5.82 Å². The van der Waals surface area contributed by atoms with Crippen molar-refractivity contribution in [3.05, 3.63) is 62.8 Å².